The molecular formula is C16H17ClFNO. The van der Waals surface area contributed by atoms with E-state index < -0.39 is 0 Å². The lowest BCUT2D eigenvalue weighted by molar-refractivity contribution is 0.414. The van der Waals surface area contributed by atoms with Gasteiger partial charge in [-0.25, -0.2) is 4.39 Å². The summed E-state index contributed by atoms with van der Waals surface area (Å²) in [5, 5.41) is 0.425. The van der Waals surface area contributed by atoms with Crippen molar-refractivity contribution in [1.82, 2.24) is 0 Å². The van der Waals surface area contributed by atoms with E-state index in [1.54, 1.807) is 19.2 Å². The first-order valence-electron chi connectivity index (χ1n) is 6.42. The van der Waals surface area contributed by atoms with Gasteiger partial charge in [0.05, 0.1) is 7.11 Å². The van der Waals surface area contributed by atoms with Gasteiger partial charge in [0.15, 0.2) is 0 Å². The van der Waals surface area contributed by atoms with Crippen LogP contribution in [0.3, 0.4) is 0 Å². The summed E-state index contributed by atoms with van der Waals surface area (Å²) in [5.41, 5.74) is 7.36. The van der Waals surface area contributed by atoms with E-state index in [-0.39, 0.29) is 11.7 Å². The summed E-state index contributed by atoms with van der Waals surface area (Å²) in [5.74, 6) is 0.348. The molecule has 0 saturated heterocycles. The molecule has 0 aliphatic heterocycles. The second-order valence-electron chi connectivity index (χ2n) is 4.62. The number of hydrogen-bond donors (Lipinski definition) is 1. The SMILES string of the molecule is COc1ccc(CC(CN)c2c(F)cccc2Cl)cc1. The van der Waals surface area contributed by atoms with Gasteiger partial charge in [-0.1, -0.05) is 29.8 Å². The lowest BCUT2D eigenvalue weighted by Crippen LogP contribution is -2.17. The Hall–Kier alpha value is -1.58. The topological polar surface area (TPSA) is 35.2 Å². The molecule has 2 aromatic rings. The molecule has 0 fully saturated rings. The maximum absolute atomic E-state index is 13.9. The fourth-order valence-corrected chi connectivity index (χ4v) is 2.57. The molecule has 106 valence electrons. The first-order valence-corrected chi connectivity index (χ1v) is 6.80. The Labute approximate surface area is 123 Å². The standard InChI is InChI=1S/C16H17ClFNO/c1-20-13-7-5-11(6-8-13)9-12(10-19)16-14(17)3-2-4-15(16)18/h2-8,12H,9-10,19H2,1H3. The highest BCUT2D eigenvalue weighted by Crippen LogP contribution is 2.29. The number of methoxy groups -OCH3 is 1. The summed E-state index contributed by atoms with van der Waals surface area (Å²) in [4.78, 5) is 0. The second-order valence-corrected chi connectivity index (χ2v) is 5.03. The molecule has 0 saturated carbocycles. The molecule has 0 aromatic heterocycles. The van der Waals surface area contributed by atoms with E-state index in [1.165, 1.54) is 6.07 Å². The van der Waals surface area contributed by atoms with Crippen molar-refractivity contribution in [1.29, 1.82) is 0 Å². The zero-order valence-electron chi connectivity index (χ0n) is 11.3. The molecule has 4 heteroatoms. The van der Waals surface area contributed by atoms with Crippen molar-refractivity contribution >= 4 is 11.6 Å². The third-order valence-corrected chi connectivity index (χ3v) is 3.66. The van der Waals surface area contributed by atoms with Gasteiger partial charge in [-0.2, -0.15) is 0 Å². The van der Waals surface area contributed by atoms with Gasteiger partial charge in [-0.15, -0.1) is 0 Å². The molecule has 0 amide bonds. The molecule has 1 atom stereocenters. The van der Waals surface area contributed by atoms with E-state index in [0.717, 1.165) is 11.3 Å². The van der Waals surface area contributed by atoms with E-state index >= 15 is 0 Å². The molecular weight excluding hydrogens is 277 g/mol. The van der Waals surface area contributed by atoms with Crippen LogP contribution in [0.4, 0.5) is 4.39 Å². The van der Waals surface area contributed by atoms with Gasteiger partial charge in [-0.3, -0.25) is 0 Å². The van der Waals surface area contributed by atoms with Gasteiger partial charge in [0.1, 0.15) is 11.6 Å². The van der Waals surface area contributed by atoms with Gasteiger partial charge in [0, 0.05) is 16.5 Å². The maximum atomic E-state index is 13.9. The van der Waals surface area contributed by atoms with E-state index in [4.69, 9.17) is 22.1 Å². The average Bonchev–Trinajstić information content (AvgIpc) is 2.46. The number of ether oxygens (including phenoxy) is 1. The van der Waals surface area contributed by atoms with Crippen molar-refractivity contribution in [3.63, 3.8) is 0 Å². The van der Waals surface area contributed by atoms with Crippen LogP contribution in [0.5, 0.6) is 5.75 Å². The van der Waals surface area contributed by atoms with Gasteiger partial charge in [0.2, 0.25) is 0 Å². The highest BCUT2D eigenvalue weighted by atomic mass is 35.5. The highest BCUT2D eigenvalue weighted by molar-refractivity contribution is 6.31. The van der Waals surface area contributed by atoms with Gasteiger partial charge in [-0.05, 0) is 42.8 Å². The Morgan fingerprint density at radius 3 is 2.45 bits per heavy atom. The third-order valence-electron chi connectivity index (χ3n) is 3.33. The number of nitrogens with two attached hydrogens (primary N) is 1. The van der Waals surface area contributed by atoms with E-state index in [2.05, 4.69) is 0 Å². The largest absolute Gasteiger partial charge is 0.497 e. The molecule has 2 N–H and O–H groups in total. The predicted molar refractivity (Wildman–Crippen MR) is 79.9 cm³/mol. The second kappa shape index (κ2) is 6.73. The molecule has 0 bridgehead atoms. The third kappa shape index (κ3) is 3.30. The van der Waals surface area contributed by atoms with Crippen LogP contribution in [0.15, 0.2) is 42.5 Å². The van der Waals surface area contributed by atoms with Crippen molar-refractivity contribution < 1.29 is 9.13 Å². The first kappa shape index (κ1) is 14.8. The van der Waals surface area contributed by atoms with Crippen molar-refractivity contribution in [3.8, 4) is 5.75 Å². The molecule has 0 heterocycles. The van der Waals surface area contributed by atoms with Crippen LogP contribution < -0.4 is 10.5 Å². The zero-order valence-corrected chi connectivity index (χ0v) is 12.0. The van der Waals surface area contributed by atoms with Crippen molar-refractivity contribution in [2.75, 3.05) is 13.7 Å². The lowest BCUT2D eigenvalue weighted by atomic mass is 9.91. The minimum atomic E-state index is -0.304. The fraction of sp³-hybridized carbons (Fsp3) is 0.250. The van der Waals surface area contributed by atoms with Crippen molar-refractivity contribution in [3.05, 3.63) is 64.4 Å². The molecule has 0 radical (unpaired) electrons. The van der Waals surface area contributed by atoms with Crippen molar-refractivity contribution in [2.24, 2.45) is 5.73 Å². The summed E-state index contributed by atoms with van der Waals surface area (Å²) in [6.07, 6.45) is 0.640. The summed E-state index contributed by atoms with van der Waals surface area (Å²) < 4.78 is 19.1. The van der Waals surface area contributed by atoms with Gasteiger partial charge < -0.3 is 10.5 Å². The first-order chi connectivity index (χ1) is 9.65. The van der Waals surface area contributed by atoms with Crippen LogP contribution in [-0.4, -0.2) is 13.7 Å². The fourth-order valence-electron chi connectivity index (χ4n) is 2.25. The van der Waals surface area contributed by atoms with Gasteiger partial charge in [0.25, 0.3) is 0 Å². The number of hydrogen-bond acceptors (Lipinski definition) is 2. The summed E-state index contributed by atoms with van der Waals surface area (Å²) in [7, 11) is 1.62. The van der Waals surface area contributed by atoms with E-state index in [1.807, 2.05) is 24.3 Å². The monoisotopic (exact) mass is 293 g/mol. The Morgan fingerprint density at radius 1 is 1.20 bits per heavy atom. The van der Waals surface area contributed by atoms with Crippen LogP contribution in [0.2, 0.25) is 5.02 Å². The number of benzene rings is 2. The normalized spacial score (nSPS) is 12.2. The van der Waals surface area contributed by atoms with Gasteiger partial charge >= 0.3 is 0 Å². The maximum Gasteiger partial charge on any atom is 0.128 e. The van der Waals surface area contributed by atoms with Crippen LogP contribution in [0, 0.1) is 5.82 Å². The lowest BCUT2D eigenvalue weighted by Gasteiger charge is -2.17. The van der Waals surface area contributed by atoms with Crippen molar-refractivity contribution in [2.45, 2.75) is 12.3 Å². The Balaban J connectivity index is 2.24. The summed E-state index contributed by atoms with van der Waals surface area (Å²) in [6.45, 7) is 0.340. The number of rotatable bonds is 5. The summed E-state index contributed by atoms with van der Waals surface area (Å²) in [6, 6.07) is 12.4. The molecule has 20 heavy (non-hydrogen) atoms. The Bertz CT molecular complexity index is 551. The van der Waals surface area contributed by atoms with Crippen LogP contribution in [0.25, 0.3) is 0 Å². The average molecular weight is 294 g/mol. The molecule has 0 aliphatic rings. The molecule has 2 rings (SSSR count). The molecule has 0 aliphatic carbocycles. The van der Waals surface area contributed by atoms with E-state index in [0.29, 0.717) is 23.6 Å². The smallest absolute Gasteiger partial charge is 0.128 e. The molecule has 0 spiro atoms. The highest BCUT2D eigenvalue weighted by Gasteiger charge is 2.18. The molecule has 2 nitrogen and oxygen atoms in total. The minimum absolute atomic E-state index is 0.142. The quantitative estimate of drug-likeness (QED) is 0.911. The summed E-state index contributed by atoms with van der Waals surface area (Å²) >= 11 is 6.10. The van der Waals surface area contributed by atoms with Crippen LogP contribution >= 0.6 is 11.6 Å². The van der Waals surface area contributed by atoms with Crippen LogP contribution in [-0.2, 0) is 6.42 Å². The number of halogens is 2. The van der Waals surface area contributed by atoms with E-state index in [9.17, 15) is 4.39 Å². The zero-order chi connectivity index (χ0) is 14.5. The Morgan fingerprint density at radius 2 is 1.90 bits per heavy atom. The Kier molecular flexibility index (Phi) is 4.99. The minimum Gasteiger partial charge on any atom is -0.497 e. The molecule has 1 unspecified atom stereocenters. The predicted octanol–water partition coefficient (Wildman–Crippen LogP) is 3.77. The molecule has 2 aromatic carbocycles. The van der Waals surface area contributed by atoms with Crippen LogP contribution in [0.1, 0.15) is 17.0 Å².